The fourth-order valence-corrected chi connectivity index (χ4v) is 3.41. The molecule has 0 radical (unpaired) electrons. The number of rotatable bonds is 5. The molecule has 0 aliphatic heterocycles. The monoisotopic (exact) mass is 312 g/mol. The Morgan fingerprint density at radius 3 is 2.67 bits per heavy atom. The molecule has 0 atom stereocenters. The quantitative estimate of drug-likeness (QED) is 0.670. The van der Waals surface area contributed by atoms with Crippen LogP contribution in [0.25, 0.3) is 0 Å². The highest BCUT2D eigenvalue weighted by Gasteiger charge is 2.25. The third kappa shape index (κ3) is 3.11. The number of nitrogens with two attached hydrogens (primary N) is 1. The molecule has 0 unspecified atom stereocenters. The van der Waals surface area contributed by atoms with Gasteiger partial charge in [0.1, 0.15) is 4.90 Å². The molecule has 10 heteroatoms. The Balaban J connectivity index is 2.40. The van der Waals surface area contributed by atoms with E-state index in [-0.39, 0.29) is 10.7 Å². The van der Waals surface area contributed by atoms with E-state index < -0.39 is 15.6 Å². The molecular formula is C11H16N6O3S. The average Bonchev–Trinajstić information content (AvgIpc) is 2.68. The molecule has 2 rings (SSSR count). The van der Waals surface area contributed by atoms with E-state index in [1.54, 1.807) is 18.5 Å². The lowest BCUT2D eigenvalue weighted by atomic mass is 10.4. The Morgan fingerprint density at radius 2 is 2.10 bits per heavy atom. The van der Waals surface area contributed by atoms with E-state index in [0.29, 0.717) is 24.5 Å². The lowest BCUT2D eigenvalue weighted by Crippen LogP contribution is -2.18. The van der Waals surface area contributed by atoms with E-state index in [1.165, 1.54) is 12.1 Å². The van der Waals surface area contributed by atoms with Crippen molar-refractivity contribution in [1.82, 2.24) is 20.0 Å². The van der Waals surface area contributed by atoms with Gasteiger partial charge in [-0.3, -0.25) is 14.2 Å². The highest BCUT2D eigenvalue weighted by atomic mass is 32.2. The molecule has 0 aliphatic rings. The van der Waals surface area contributed by atoms with Crippen LogP contribution in [0.4, 0.5) is 5.82 Å². The zero-order chi connectivity index (χ0) is 15.6. The van der Waals surface area contributed by atoms with Crippen molar-refractivity contribution in [3.8, 4) is 0 Å². The van der Waals surface area contributed by atoms with Crippen molar-refractivity contribution in [3.05, 3.63) is 33.9 Å². The first-order chi connectivity index (χ1) is 9.85. The summed E-state index contributed by atoms with van der Waals surface area (Å²) < 4.78 is 28.7. The van der Waals surface area contributed by atoms with E-state index in [1.807, 2.05) is 0 Å². The minimum Gasteiger partial charge on any atom is -0.329 e. The van der Waals surface area contributed by atoms with Crippen LogP contribution >= 0.6 is 0 Å². The van der Waals surface area contributed by atoms with Crippen molar-refractivity contribution in [2.24, 2.45) is 5.73 Å². The number of nitrogens with one attached hydrogen (secondary N) is 2. The molecule has 0 aromatic carbocycles. The SMILES string of the molecule is Cc1nn(CCN)c(C)c1S(=O)(=O)Nc1ccc(=O)[nH]n1. The van der Waals surface area contributed by atoms with Crippen molar-refractivity contribution in [1.29, 1.82) is 0 Å². The minimum absolute atomic E-state index is 0.0278. The van der Waals surface area contributed by atoms with Gasteiger partial charge >= 0.3 is 0 Å². The van der Waals surface area contributed by atoms with Gasteiger partial charge in [0.25, 0.3) is 15.6 Å². The predicted molar refractivity (Wildman–Crippen MR) is 76.4 cm³/mol. The zero-order valence-corrected chi connectivity index (χ0v) is 12.4. The van der Waals surface area contributed by atoms with E-state index in [4.69, 9.17) is 5.73 Å². The summed E-state index contributed by atoms with van der Waals surface area (Å²) in [6.45, 7) is 4.05. The standard InChI is InChI=1S/C11H16N6O3S/c1-7-11(8(2)17(15-7)6-5-12)21(19,20)16-9-3-4-10(18)14-13-9/h3-4H,5-6,12H2,1-2H3,(H,13,16)(H,14,18). The molecule has 114 valence electrons. The number of aromatic nitrogens is 4. The van der Waals surface area contributed by atoms with Gasteiger partial charge in [0.05, 0.1) is 17.9 Å². The molecule has 4 N–H and O–H groups in total. The van der Waals surface area contributed by atoms with Crippen LogP contribution < -0.4 is 16.0 Å². The Morgan fingerprint density at radius 1 is 1.38 bits per heavy atom. The fraction of sp³-hybridized carbons (Fsp3) is 0.364. The number of sulfonamides is 1. The number of aromatic amines is 1. The molecule has 21 heavy (non-hydrogen) atoms. The van der Waals surface area contributed by atoms with Crippen molar-refractivity contribution in [3.63, 3.8) is 0 Å². The van der Waals surface area contributed by atoms with Crippen molar-refractivity contribution < 1.29 is 8.42 Å². The summed E-state index contributed by atoms with van der Waals surface area (Å²) in [7, 11) is -3.84. The second kappa shape index (κ2) is 5.66. The van der Waals surface area contributed by atoms with Crippen molar-refractivity contribution in [2.75, 3.05) is 11.3 Å². The molecule has 0 aliphatic carbocycles. The normalized spacial score (nSPS) is 11.6. The minimum atomic E-state index is -3.84. The van der Waals surface area contributed by atoms with Crippen molar-refractivity contribution >= 4 is 15.8 Å². The van der Waals surface area contributed by atoms with Crippen LogP contribution in [0, 0.1) is 13.8 Å². The van der Waals surface area contributed by atoms with Gasteiger partial charge in [-0.15, -0.1) is 0 Å². The maximum absolute atomic E-state index is 12.4. The zero-order valence-electron chi connectivity index (χ0n) is 11.6. The van der Waals surface area contributed by atoms with Gasteiger partial charge in [-0.05, 0) is 19.9 Å². The summed E-state index contributed by atoms with van der Waals surface area (Å²) in [5.41, 5.74) is 5.92. The maximum Gasteiger partial charge on any atom is 0.266 e. The molecule has 0 fully saturated rings. The Hall–Kier alpha value is -2.20. The van der Waals surface area contributed by atoms with Gasteiger partial charge in [-0.2, -0.15) is 10.2 Å². The first kappa shape index (κ1) is 15.2. The van der Waals surface area contributed by atoms with Crippen LogP contribution in [-0.2, 0) is 16.6 Å². The van der Waals surface area contributed by atoms with Crippen LogP contribution in [0.5, 0.6) is 0 Å². The van der Waals surface area contributed by atoms with Crippen LogP contribution in [0.1, 0.15) is 11.4 Å². The van der Waals surface area contributed by atoms with Gasteiger partial charge < -0.3 is 5.73 Å². The largest absolute Gasteiger partial charge is 0.329 e. The second-order valence-electron chi connectivity index (χ2n) is 4.42. The summed E-state index contributed by atoms with van der Waals surface area (Å²) >= 11 is 0. The number of nitrogens with zero attached hydrogens (tertiary/aromatic N) is 3. The molecule has 2 aromatic rings. The lowest BCUT2D eigenvalue weighted by Gasteiger charge is -2.07. The number of aryl methyl sites for hydroxylation is 1. The summed E-state index contributed by atoms with van der Waals surface area (Å²) in [4.78, 5) is 11.0. The third-order valence-electron chi connectivity index (χ3n) is 2.84. The maximum atomic E-state index is 12.4. The highest BCUT2D eigenvalue weighted by Crippen LogP contribution is 2.21. The van der Waals surface area contributed by atoms with Gasteiger partial charge in [0.15, 0.2) is 5.82 Å². The van der Waals surface area contributed by atoms with Gasteiger partial charge in [-0.1, -0.05) is 0 Å². The van der Waals surface area contributed by atoms with Gasteiger partial charge in [0.2, 0.25) is 0 Å². The molecule has 0 bridgehead atoms. The molecule has 2 heterocycles. The first-order valence-corrected chi connectivity index (χ1v) is 7.66. The average molecular weight is 312 g/mol. The topological polar surface area (TPSA) is 136 Å². The Kier molecular flexibility index (Phi) is 4.09. The molecule has 0 saturated carbocycles. The Bertz CT molecular complexity index is 787. The number of hydrogen-bond donors (Lipinski definition) is 3. The lowest BCUT2D eigenvalue weighted by molar-refractivity contribution is 0.593. The summed E-state index contributed by atoms with van der Waals surface area (Å²) in [5, 5.41) is 9.94. The summed E-state index contributed by atoms with van der Waals surface area (Å²) in [5.74, 6) is 0.0278. The number of anilines is 1. The van der Waals surface area contributed by atoms with E-state index in [9.17, 15) is 13.2 Å². The first-order valence-electron chi connectivity index (χ1n) is 6.18. The van der Waals surface area contributed by atoms with E-state index >= 15 is 0 Å². The molecule has 0 spiro atoms. The van der Waals surface area contributed by atoms with Crippen LogP contribution in [-0.4, -0.2) is 34.9 Å². The third-order valence-corrected chi connectivity index (χ3v) is 4.45. The van der Waals surface area contributed by atoms with Gasteiger partial charge in [0, 0.05) is 12.6 Å². The molecule has 0 saturated heterocycles. The predicted octanol–water partition coefficient (Wildman–Crippen LogP) is -0.657. The van der Waals surface area contributed by atoms with Crippen LogP contribution in [0.3, 0.4) is 0 Å². The number of hydrogen-bond acceptors (Lipinski definition) is 6. The van der Waals surface area contributed by atoms with E-state index in [2.05, 4.69) is 20.0 Å². The molecule has 2 aromatic heterocycles. The summed E-state index contributed by atoms with van der Waals surface area (Å²) in [6.07, 6.45) is 0. The van der Waals surface area contributed by atoms with Crippen LogP contribution in [0.15, 0.2) is 21.8 Å². The molecular weight excluding hydrogens is 296 g/mol. The van der Waals surface area contributed by atoms with E-state index in [0.717, 1.165) is 0 Å². The Labute approximate surface area is 121 Å². The smallest absolute Gasteiger partial charge is 0.266 e. The molecule has 0 amide bonds. The fourth-order valence-electron chi connectivity index (χ4n) is 2.00. The molecule has 9 nitrogen and oxygen atoms in total. The second-order valence-corrected chi connectivity index (χ2v) is 6.04. The number of H-pyrrole nitrogens is 1. The van der Waals surface area contributed by atoms with Gasteiger partial charge in [-0.25, -0.2) is 13.5 Å². The summed E-state index contributed by atoms with van der Waals surface area (Å²) in [6, 6.07) is 2.47. The van der Waals surface area contributed by atoms with Crippen molar-refractivity contribution in [2.45, 2.75) is 25.3 Å². The van der Waals surface area contributed by atoms with Crippen LogP contribution in [0.2, 0.25) is 0 Å². The highest BCUT2D eigenvalue weighted by molar-refractivity contribution is 7.92.